The zero-order valence-corrected chi connectivity index (χ0v) is 13.8. The second-order valence-corrected chi connectivity index (χ2v) is 5.63. The molecule has 0 atom stereocenters. The number of aromatic nitrogens is 1. The van der Waals surface area contributed by atoms with Crippen LogP contribution in [0, 0.1) is 0 Å². The molecule has 2 amide bonds. The highest BCUT2D eigenvalue weighted by atomic mass is 16.5. The van der Waals surface area contributed by atoms with Gasteiger partial charge in [0.05, 0.1) is 12.3 Å². The zero-order valence-electron chi connectivity index (χ0n) is 13.8. The number of hydrogen-bond acceptors (Lipinski definition) is 4. The second-order valence-electron chi connectivity index (χ2n) is 5.63. The van der Waals surface area contributed by atoms with Crippen LogP contribution in [-0.4, -0.2) is 44.4 Å². The standard InChI is InChI=1S/C18H22N4O2/c1-24-13-10-20-18(23)22-12-11-21(14-15-6-3-2-4-7-15)17-16(22)8-5-9-19-17/h2-9H,10-14H2,1H3,(H,20,23). The van der Waals surface area contributed by atoms with Gasteiger partial charge in [0.1, 0.15) is 0 Å². The van der Waals surface area contributed by atoms with E-state index in [0.29, 0.717) is 19.7 Å². The van der Waals surface area contributed by atoms with Crippen LogP contribution in [-0.2, 0) is 11.3 Å². The first-order chi connectivity index (χ1) is 11.8. The predicted molar refractivity (Wildman–Crippen MR) is 94.3 cm³/mol. The van der Waals surface area contributed by atoms with Gasteiger partial charge in [-0.3, -0.25) is 4.90 Å². The van der Waals surface area contributed by atoms with E-state index in [1.165, 1.54) is 5.56 Å². The molecule has 6 heteroatoms. The van der Waals surface area contributed by atoms with Crippen molar-refractivity contribution in [2.45, 2.75) is 6.54 Å². The van der Waals surface area contributed by atoms with Gasteiger partial charge < -0.3 is 15.0 Å². The molecule has 3 rings (SSSR count). The number of nitrogens with zero attached hydrogens (tertiary/aromatic N) is 3. The van der Waals surface area contributed by atoms with Gasteiger partial charge in [0, 0.05) is 39.5 Å². The maximum Gasteiger partial charge on any atom is 0.322 e. The normalized spacial score (nSPS) is 13.5. The molecule has 0 saturated heterocycles. The molecule has 2 aromatic rings. The number of pyridine rings is 1. The summed E-state index contributed by atoms with van der Waals surface area (Å²) in [6.07, 6.45) is 1.77. The van der Waals surface area contributed by atoms with E-state index in [1.54, 1.807) is 18.2 Å². The third-order valence-electron chi connectivity index (χ3n) is 3.99. The monoisotopic (exact) mass is 326 g/mol. The maximum atomic E-state index is 12.4. The van der Waals surface area contributed by atoms with E-state index < -0.39 is 0 Å². The van der Waals surface area contributed by atoms with Crippen molar-refractivity contribution in [1.29, 1.82) is 0 Å². The molecule has 0 saturated carbocycles. The molecule has 6 nitrogen and oxygen atoms in total. The Bertz CT molecular complexity index is 678. The van der Waals surface area contributed by atoms with Crippen molar-refractivity contribution in [3.05, 3.63) is 54.2 Å². The Morgan fingerprint density at radius 2 is 2.04 bits per heavy atom. The summed E-state index contributed by atoms with van der Waals surface area (Å²) in [6.45, 7) is 3.15. The van der Waals surface area contributed by atoms with Gasteiger partial charge in [-0.2, -0.15) is 0 Å². The van der Waals surface area contributed by atoms with E-state index in [2.05, 4.69) is 27.3 Å². The summed E-state index contributed by atoms with van der Waals surface area (Å²) in [5.41, 5.74) is 2.07. The van der Waals surface area contributed by atoms with Crippen LogP contribution in [0.1, 0.15) is 5.56 Å². The van der Waals surface area contributed by atoms with Gasteiger partial charge in [-0.25, -0.2) is 9.78 Å². The highest BCUT2D eigenvalue weighted by Gasteiger charge is 2.27. The summed E-state index contributed by atoms with van der Waals surface area (Å²) < 4.78 is 4.98. The Morgan fingerprint density at radius 1 is 1.21 bits per heavy atom. The largest absolute Gasteiger partial charge is 0.383 e. The van der Waals surface area contributed by atoms with Crippen molar-refractivity contribution >= 4 is 17.5 Å². The quantitative estimate of drug-likeness (QED) is 0.857. The van der Waals surface area contributed by atoms with Gasteiger partial charge in [-0.05, 0) is 17.7 Å². The molecular weight excluding hydrogens is 304 g/mol. The Balaban J connectivity index is 1.76. The summed E-state index contributed by atoms with van der Waals surface area (Å²) in [6, 6.07) is 14.0. The van der Waals surface area contributed by atoms with Crippen molar-refractivity contribution < 1.29 is 9.53 Å². The fraction of sp³-hybridized carbons (Fsp3) is 0.333. The van der Waals surface area contributed by atoms with Crippen molar-refractivity contribution in [2.75, 3.05) is 43.2 Å². The third-order valence-corrected chi connectivity index (χ3v) is 3.99. The molecule has 1 aliphatic heterocycles. The number of methoxy groups -OCH3 is 1. The number of benzene rings is 1. The predicted octanol–water partition coefficient (Wildman–Crippen LogP) is 2.26. The molecule has 0 unspecified atom stereocenters. The van der Waals surface area contributed by atoms with Gasteiger partial charge in [0.15, 0.2) is 5.82 Å². The second kappa shape index (κ2) is 7.79. The zero-order chi connectivity index (χ0) is 16.8. The highest BCUT2D eigenvalue weighted by molar-refractivity contribution is 5.96. The summed E-state index contributed by atoms with van der Waals surface area (Å²) in [4.78, 5) is 20.9. The number of carbonyl (C=O) groups is 1. The maximum absolute atomic E-state index is 12.4. The summed E-state index contributed by atoms with van der Waals surface area (Å²) in [7, 11) is 1.62. The molecule has 1 N–H and O–H groups in total. The van der Waals surface area contributed by atoms with Gasteiger partial charge in [0.25, 0.3) is 0 Å². The molecule has 0 radical (unpaired) electrons. The van der Waals surface area contributed by atoms with Crippen molar-refractivity contribution in [3.8, 4) is 0 Å². The minimum absolute atomic E-state index is 0.110. The smallest absolute Gasteiger partial charge is 0.322 e. The van der Waals surface area contributed by atoms with Crippen LogP contribution in [0.5, 0.6) is 0 Å². The van der Waals surface area contributed by atoms with E-state index >= 15 is 0 Å². The number of anilines is 2. The van der Waals surface area contributed by atoms with Crippen LogP contribution in [0.15, 0.2) is 48.7 Å². The van der Waals surface area contributed by atoms with Crippen LogP contribution < -0.4 is 15.1 Å². The summed E-state index contributed by atoms with van der Waals surface area (Å²) in [5, 5.41) is 2.87. The molecule has 126 valence electrons. The van der Waals surface area contributed by atoms with Gasteiger partial charge >= 0.3 is 6.03 Å². The fourth-order valence-electron chi connectivity index (χ4n) is 2.81. The van der Waals surface area contributed by atoms with Gasteiger partial charge in [-0.15, -0.1) is 0 Å². The first kappa shape index (κ1) is 16.3. The molecule has 0 bridgehead atoms. The Labute approximate surface area is 142 Å². The molecule has 0 aliphatic carbocycles. The minimum Gasteiger partial charge on any atom is -0.383 e. The van der Waals surface area contributed by atoms with Crippen LogP contribution in [0.2, 0.25) is 0 Å². The number of amides is 2. The first-order valence-electron chi connectivity index (χ1n) is 8.08. The lowest BCUT2D eigenvalue weighted by Gasteiger charge is -2.36. The summed E-state index contributed by atoms with van der Waals surface area (Å²) in [5.74, 6) is 0.842. The van der Waals surface area contributed by atoms with E-state index in [1.807, 2.05) is 30.3 Å². The van der Waals surface area contributed by atoms with Gasteiger partial charge in [-0.1, -0.05) is 30.3 Å². The molecule has 0 fully saturated rings. The van der Waals surface area contributed by atoms with Crippen LogP contribution >= 0.6 is 0 Å². The molecular formula is C18H22N4O2. The van der Waals surface area contributed by atoms with Crippen molar-refractivity contribution in [2.24, 2.45) is 0 Å². The first-order valence-corrected chi connectivity index (χ1v) is 8.08. The minimum atomic E-state index is -0.110. The lowest BCUT2D eigenvalue weighted by Crippen LogP contribution is -2.48. The van der Waals surface area contributed by atoms with Crippen molar-refractivity contribution in [1.82, 2.24) is 10.3 Å². The molecule has 1 aromatic carbocycles. The Hall–Kier alpha value is -2.60. The van der Waals surface area contributed by atoms with Crippen LogP contribution in [0.4, 0.5) is 16.3 Å². The molecule has 1 aliphatic rings. The van der Waals surface area contributed by atoms with Crippen molar-refractivity contribution in [3.63, 3.8) is 0 Å². The average Bonchev–Trinajstić information content (AvgIpc) is 2.63. The number of carbonyl (C=O) groups excluding carboxylic acids is 1. The number of ether oxygens (including phenoxy) is 1. The lowest BCUT2D eigenvalue weighted by atomic mass is 10.2. The Morgan fingerprint density at radius 3 is 2.83 bits per heavy atom. The summed E-state index contributed by atoms with van der Waals surface area (Å²) >= 11 is 0. The van der Waals surface area contributed by atoms with E-state index in [0.717, 1.165) is 24.6 Å². The Kier molecular flexibility index (Phi) is 5.28. The fourth-order valence-corrected chi connectivity index (χ4v) is 2.81. The van der Waals surface area contributed by atoms with Crippen LogP contribution in [0.25, 0.3) is 0 Å². The number of fused-ring (bicyclic) bond motifs is 1. The van der Waals surface area contributed by atoms with E-state index in [9.17, 15) is 4.79 Å². The molecule has 1 aromatic heterocycles. The van der Waals surface area contributed by atoms with Crippen LogP contribution in [0.3, 0.4) is 0 Å². The molecule has 24 heavy (non-hydrogen) atoms. The van der Waals surface area contributed by atoms with E-state index in [-0.39, 0.29) is 6.03 Å². The number of urea groups is 1. The average molecular weight is 326 g/mol. The topological polar surface area (TPSA) is 57.7 Å². The van der Waals surface area contributed by atoms with E-state index in [4.69, 9.17) is 4.74 Å². The molecule has 2 heterocycles. The SMILES string of the molecule is COCCNC(=O)N1CCN(Cc2ccccc2)c2ncccc21. The number of hydrogen-bond donors (Lipinski definition) is 1. The van der Waals surface area contributed by atoms with Gasteiger partial charge in [0.2, 0.25) is 0 Å². The molecule has 0 spiro atoms. The number of rotatable bonds is 5. The highest BCUT2D eigenvalue weighted by Crippen LogP contribution is 2.31. The third kappa shape index (κ3) is 3.65. The lowest BCUT2D eigenvalue weighted by molar-refractivity contribution is 0.197. The number of nitrogens with one attached hydrogen (secondary N) is 1.